The summed E-state index contributed by atoms with van der Waals surface area (Å²) in [4.78, 5) is 44.0. The standard InChI is InChI=1S/C36H38N6O4/c1-3-46-34(44)32-38-28-18-16-25(22-30(28)41(32)2)37-35(45)36(19-10-20-36)39-33(43)24-15-17-27-29(21-24)40-42(26-13-8-5-9-14-26)31(27)23-11-6-4-7-12-23/h5,8-9,13-18,21-23H,3-4,6-7,10-12,19-20H2,1-2H3,(H,37,45)(H,39,43). The number of hydrogen-bond donors (Lipinski definition) is 2. The van der Waals surface area contributed by atoms with E-state index >= 15 is 0 Å². The third kappa shape index (κ3) is 5.31. The minimum atomic E-state index is -1.01. The summed E-state index contributed by atoms with van der Waals surface area (Å²) >= 11 is 0. The highest BCUT2D eigenvalue weighted by Crippen LogP contribution is 2.38. The number of aryl methyl sites for hydroxylation is 1. The third-order valence-electron chi connectivity index (χ3n) is 9.56. The fraction of sp³-hybridized carbons (Fsp3) is 0.361. The number of nitrogens with zero attached hydrogens (tertiary/aromatic N) is 4. The zero-order valence-electron chi connectivity index (χ0n) is 26.2. The highest BCUT2D eigenvalue weighted by Gasteiger charge is 2.45. The van der Waals surface area contributed by atoms with Gasteiger partial charge >= 0.3 is 5.97 Å². The molecule has 2 amide bonds. The van der Waals surface area contributed by atoms with Gasteiger partial charge in [-0.25, -0.2) is 14.5 Å². The molecule has 0 spiro atoms. The van der Waals surface area contributed by atoms with E-state index in [9.17, 15) is 14.4 Å². The lowest BCUT2D eigenvalue weighted by molar-refractivity contribution is -0.125. The molecule has 236 valence electrons. The van der Waals surface area contributed by atoms with Crippen LogP contribution in [0.1, 0.15) is 90.9 Å². The van der Waals surface area contributed by atoms with Crippen molar-refractivity contribution in [1.29, 1.82) is 0 Å². The summed E-state index contributed by atoms with van der Waals surface area (Å²) in [7, 11) is 1.73. The van der Waals surface area contributed by atoms with Crippen molar-refractivity contribution in [1.82, 2.24) is 24.6 Å². The molecular weight excluding hydrogens is 580 g/mol. The van der Waals surface area contributed by atoms with Gasteiger partial charge in [0.25, 0.3) is 5.91 Å². The Bertz CT molecular complexity index is 1950. The van der Waals surface area contributed by atoms with Crippen LogP contribution in [0.4, 0.5) is 5.69 Å². The van der Waals surface area contributed by atoms with Crippen LogP contribution in [0, 0.1) is 0 Å². The van der Waals surface area contributed by atoms with Gasteiger partial charge in [-0.1, -0.05) is 43.5 Å². The van der Waals surface area contributed by atoms with Crippen LogP contribution < -0.4 is 10.6 Å². The summed E-state index contributed by atoms with van der Waals surface area (Å²) in [5.41, 5.74) is 4.31. The SMILES string of the molecule is CCOC(=O)c1nc2ccc(NC(=O)C3(NC(=O)c4ccc5c(C6CCCCC6)n(-c6ccccc6)nc5c4)CCC3)cc2n1C. The highest BCUT2D eigenvalue weighted by molar-refractivity contribution is 6.06. The molecule has 0 atom stereocenters. The first-order chi connectivity index (χ1) is 22.4. The number of hydrogen-bond acceptors (Lipinski definition) is 6. The van der Waals surface area contributed by atoms with E-state index in [4.69, 9.17) is 9.84 Å². The third-order valence-corrected chi connectivity index (χ3v) is 9.56. The van der Waals surface area contributed by atoms with Crippen molar-refractivity contribution in [3.63, 3.8) is 0 Å². The molecule has 3 aromatic carbocycles. The Labute approximate surface area is 267 Å². The van der Waals surface area contributed by atoms with Crippen LogP contribution in [0.25, 0.3) is 27.6 Å². The molecular formula is C36H38N6O4. The molecule has 10 nitrogen and oxygen atoms in total. The van der Waals surface area contributed by atoms with Crippen molar-refractivity contribution in [3.8, 4) is 5.69 Å². The Morgan fingerprint density at radius 1 is 0.935 bits per heavy atom. The van der Waals surface area contributed by atoms with Crippen LogP contribution in [0.5, 0.6) is 0 Å². The van der Waals surface area contributed by atoms with Crippen LogP contribution >= 0.6 is 0 Å². The number of imidazole rings is 1. The van der Waals surface area contributed by atoms with Crippen molar-refractivity contribution < 1.29 is 19.1 Å². The lowest BCUT2D eigenvalue weighted by Gasteiger charge is -2.40. The molecule has 2 aliphatic rings. The Morgan fingerprint density at radius 2 is 1.72 bits per heavy atom. The lowest BCUT2D eigenvalue weighted by Crippen LogP contribution is -2.61. The number of carbonyl (C=O) groups excluding carboxylic acids is 3. The van der Waals surface area contributed by atoms with Crippen LogP contribution in [-0.4, -0.2) is 49.3 Å². The molecule has 0 saturated heterocycles. The first kappa shape index (κ1) is 29.7. The number of amides is 2. The van der Waals surface area contributed by atoms with E-state index in [2.05, 4.69) is 32.4 Å². The van der Waals surface area contributed by atoms with Gasteiger partial charge < -0.3 is 19.9 Å². The maximum absolute atomic E-state index is 13.7. The van der Waals surface area contributed by atoms with Crippen molar-refractivity contribution in [2.75, 3.05) is 11.9 Å². The first-order valence-corrected chi connectivity index (χ1v) is 16.2. The number of carbonyl (C=O) groups is 3. The zero-order chi connectivity index (χ0) is 31.8. The summed E-state index contributed by atoms with van der Waals surface area (Å²) in [6.45, 7) is 2.00. The van der Waals surface area contributed by atoms with E-state index < -0.39 is 11.5 Å². The average molecular weight is 619 g/mol. The van der Waals surface area contributed by atoms with Gasteiger partial charge in [0.15, 0.2) is 0 Å². The van der Waals surface area contributed by atoms with Crippen LogP contribution in [0.15, 0.2) is 66.7 Å². The fourth-order valence-corrected chi connectivity index (χ4v) is 6.91. The Balaban J connectivity index is 1.13. The molecule has 2 aliphatic carbocycles. The smallest absolute Gasteiger partial charge is 0.374 e. The van der Waals surface area contributed by atoms with Gasteiger partial charge in [-0.15, -0.1) is 0 Å². The lowest BCUT2D eigenvalue weighted by atomic mass is 9.75. The number of para-hydroxylation sites is 1. The van der Waals surface area contributed by atoms with Gasteiger partial charge in [-0.3, -0.25) is 9.59 Å². The molecule has 2 heterocycles. The van der Waals surface area contributed by atoms with Gasteiger partial charge in [-0.2, -0.15) is 5.10 Å². The fourth-order valence-electron chi connectivity index (χ4n) is 6.91. The maximum atomic E-state index is 13.7. The number of ether oxygens (including phenoxy) is 1. The Kier molecular flexibility index (Phi) is 7.80. The van der Waals surface area contributed by atoms with E-state index in [0.29, 0.717) is 41.0 Å². The molecule has 0 radical (unpaired) electrons. The average Bonchev–Trinajstić information content (AvgIpc) is 3.61. The number of rotatable bonds is 8. The van der Waals surface area contributed by atoms with Crippen molar-refractivity contribution in [3.05, 3.63) is 83.8 Å². The largest absolute Gasteiger partial charge is 0.460 e. The molecule has 0 aliphatic heterocycles. The minimum absolute atomic E-state index is 0.194. The normalized spacial score (nSPS) is 16.2. The zero-order valence-corrected chi connectivity index (χ0v) is 26.2. The Morgan fingerprint density at radius 3 is 2.43 bits per heavy atom. The van der Waals surface area contributed by atoms with E-state index in [-0.39, 0.29) is 24.2 Å². The second-order valence-corrected chi connectivity index (χ2v) is 12.5. The summed E-state index contributed by atoms with van der Waals surface area (Å²) < 4.78 is 8.82. The first-order valence-electron chi connectivity index (χ1n) is 16.2. The Hall–Kier alpha value is -4.99. The topological polar surface area (TPSA) is 120 Å². The monoisotopic (exact) mass is 618 g/mol. The molecule has 7 rings (SSSR count). The maximum Gasteiger partial charge on any atom is 0.374 e. The minimum Gasteiger partial charge on any atom is -0.460 e. The number of aromatic nitrogens is 4. The number of benzene rings is 3. The second-order valence-electron chi connectivity index (χ2n) is 12.5. The van der Waals surface area contributed by atoms with Crippen molar-refractivity contribution in [2.45, 2.75) is 69.7 Å². The number of nitrogens with one attached hydrogen (secondary N) is 2. The molecule has 46 heavy (non-hydrogen) atoms. The second kappa shape index (κ2) is 12.1. The molecule has 2 fully saturated rings. The van der Waals surface area contributed by atoms with Crippen LogP contribution in [0.2, 0.25) is 0 Å². The number of anilines is 1. The van der Waals surface area contributed by atoms with Crippen LogP contribution in [-0.2, 0) is 16.6 Å². The van der Waals surface area contributed by atoms with E-state index in [1.54, 1.807) is 36.7 Å². The van der Waals surface area contributed by atoms with E-state index in [1.165, 1.54) is 25.0 Å². The quantitative estimate of drug-likeness (QED) is 0.194. The van der Waals surface area contributed by atoms with E-state index in [0.717, 1.165) is 35.9 Å². The molecule has 0 unspecified atom stereocenters. The van der Waals surface area contributed by atoms with Crippen molar-refractivity contribution in [2.24, 2.45) is 7.05 Å². The predicted octanol–water partition coefficient (Wildman–Crippen LogP) is 6.43. The predicted molar refractivity (Wildman–Crippen MR) is 176 cm³/mol. The molecule has 2 saturated carbocycles. The van der Waals surface area contributed by atoms with Gasteiger partial charge in [0.1, 0.15) is 5.54 Å². The van der Waals surface area contributed by atoms with Gasteiger partial charge in [0, 0.05) is 29.6 Å². The molecule has 5 aromatic rings. The number of esters is 1. The molecule has 0 bridgehead atoms. The molecule has 2 N–H and O–H groups in total. The highest BCUT2D eigenvalue weighted by atomic mass is 16.5. The van der Waals surface area contributed by atoms with Gasteiger partial charge in [0.05, 0.1) is 34.5 Å². The van der Waals surface area contributed by atoms with Gasteiger partial charge in [0.2, 0.25) is 11.7 Å². The summed E-state index contributed by atoms with van der Waals surface area (Å²) in [6, 6.07) is 21.2. The molecule has 10 heteroatoms. The summed E-state index contributed by atoms with van der Waals surface area (Å²) in [6.07, 6.45) is 7.87. The molecule has 2 aromatic heterocycles. The number of fused-ring (bicyclic) bond motifs is 2. The summed E-state index contributed by atoms with van der Waals surface area (Å²) in [5, 5.41) is 12.1. The van der Waals surface area contributed by atoms with Crippen LogP contribution in [0.3, 0.4) is 0 Å². The summed E-state index contributed by atoms with van der Waals surface area (Å²) in [5.74, 6) is -0.458. The van der Waals surface area contributed by atoms with Gasteiger partial charge in [-0.05, 0) is 81.5 Å². The van der Waals surface area contributed by atoms with E-state index in [1.807, 2.05) is 36.4 Å². The van der Waals surface area contributed by atoms with Crippen molar-refractivity contribution >= 4 is 45.4 Å².